The number of rotatable bonds is 6. The Morgan fingerprint density at radius 3 is 2.63 bits per heavy atom. The second-order valence-corrected chi connectivity index (χ2v) is 7.53. The number of benzene rings is 2. The van der Waals surface area contributed by atoms with Crippen molar-refractivity contribution >= 4 is 34.0 Å². The van der Waals surface area contributed by atoms with E-state index in [4.69, 9.17) is 4.74 Å². The second kappa shape index (κ2) is 9.49. The van der Waals surface area contributed by atoms with Gasteiger partial charge >= 0.3 is 5.97 Å². The van der Waals surface area contributed by atoms with E-state index in [0.717, 1.165) is 21.4 Å². The van der Waals surface area contributed by atoms with Crippen LogP contribution in [0.4, 0.5) is 0 Å². The summed E-state index contributed by atoms with van der Waals surface area (Å²) in [5.41, 5.74) is 6.14. The van der Waals surface area contributed by atoms with E-state index < -0.39 is 5.97 Å². The molecule has 3 aromatic rings. The number of aromatic nitrogens is 2. The average molecular weight is 469 g/mol. The van der Waals surface area contributed by atoms with Crippen molar-refractivity contribution in [3.8, 4) is 5.75 Å². The second-order valence-electron chi connectivity index (χ2n) is 6.73. The van der Waals surface area contributed by atoms with Crippen LogP contribution in [0.25, 0.3) is 0 Å². The summed E-state index contributed by atoms with van der Waals surface area (Å²) in [6.07, 6.45) is 1.44. The van der Waals surface area contributed by atoms with E-state index >= 15 is 0 Å². The molecular formula is C22H21BrN4O3. The highest BCUT2D eigenvalue weighted by molar-refractivity contribution is 9.10. The lowest BCUT2D eigenvalue weighted by Crippen LogP contribution is -2.24. The molecule has 7 nitrogen and oxygen atoms in total. The molecule has 0 aliphatic heterocycles. The fourth-order valence-corrected chi connectivity index (χ4v) is 3.07. The Kier molecular flexibility index (Phi) is 6.79. The van der Waals surface area contributed by atoms with Crippen molar-refractivity contribution in [2.45, 2.75) is 27.3 Å². The number of carbonyl (C=O) groups is 2. The molecule has 0 saturated heterocycles. The number of halogens is 1. The number of nitrogens with zero attached hydrogens (tertiary/aromatic N) is 3. The van der Waals surface area contributed by atoms with Crippen LogP contribution in [-0.2, 0) is 11.3 Å². The van der Waals surface area contributed by atoms with Gasteiger partial charge in [-0.15, -0.1) is 0 Å². The van der Waals surface area contributed by atoms with Crippen molar-refractivity contribution in [2.75, 3.05) is 0 Å². The molecule has 0 aliphatic carbocycles. The lowest BCUT2D eigenvalue weighted by molar-refractivity contribution is -0.121. The van der Waals surface area contributed by atoms with Gasteiger partial charge in [-0.1, -0.05) is 29.8 Å². The first-order chi connectivity index (χ1) is 14.3. The van der Waals surface area contributed by atoms with Crippen molar-refractivity contribution in [1.82, 2.24) is 15.2 Å². The van der Waals surface area contributed by atoms with E-state index in [1.54, 1.807) is 47.1 Å². The highest BCUT2D eigenvalue weighted by atomic mass is 79.9. The van der Waals surface area contributed by atoms with Crippen LogP contribution in [-0.4, -0.2) is 27.9 Å². The maximum Gasteiger partial charge on any atom is 0.343 e. The number of nitrogens with one attached hydrogen (secondary N) is 1. The number of esters is 1. The zero-order chi connectivity index (χ0) is 21.7. The van der Waals surface area contributed by atoms with Crippen molar-refractivity contribution in [3.63, 3.8) is 0 Å². The van der Waals surface area contributed by atoms with Gasteiger partial charge in [-0.05, 0) is 61.0 Å². The van der Waals surface area contributed by atoms with E-state index in [1.165, 1.54) is 6.21 Å². The van der Waals surface area contributed by atoms with Crippen LogP contribution in [0.2, 0.25) is 0 Å². The number of aryl methyl sites for hydroxylation is 2. The fourth-order valence-electron chi connectivity index (χ4n) is 2.79. The highest BCUT2D eigenvalue weighted by Gasteiger charge is 2.12. The van der Waals surface area contributed by atoms with Gasteiger partial charge in [0.1, 0.15) is 12.3 Å². The predicted octanol–water partition coefficient (Wildman–Crippen LogP) is 3.94. The third kappa shape index (κ3) is 5.21. The molecule has 0 atom stereocenters. The Labute approximate surface area is 182 Å². The van der Waals surface area contributed by atoms with Gasteiger partial charge in [0.05, 0.1) is 27.6 Å². The maximum absolute atomic E-state index is 12.4. The smallest absolute Gasteiger partial charge is 0.343 e. The minimum Gasteiger partial charge on any atom is -0.422 e. The number of carbonyl (C=O) groups excluding carboxylic acids is 2. The Hall–Kier alpha value is -3.26. The van der Waals surface area contributed by atoms with Crippen LogP contribution < -0.4 is 10.2 Å². The topological polar surface area (TPSA) is 85.6 Å². The first kappa shape index (κ1) is 21.4. The number of ether oxygens (including phenoxy) is 1. The molecule has 1 amide bonds. The molecule has 0 saturated carbocycles. The van der Waals surface area contributed by atoms with Crippen LogP contribution >= 0.6 is 15.9 Å². The van der Waals surface area contributed by atoms with Gasteiger partial charge in [-0.3, -0.25) is 9.48 Å². The molecule has 1 heterocycles. The number of hydrogen-bond donors (Lipinski definition) is 1. The quantitative estimate of drug-likeness (QED) is 0.257. The molecule has 1 N–H and O–H groups in total. The Morgan fingerprint density at radius 2 is 1.93 bits per heavy atom. The van der Waals surface area contributed by atoms with Crippen molar-refractivity contribution in [3.05, 3.63) is 81.1 Å². The van der Waals surface area contributed by atoms with Gasteiger partial charge in [-0.25, -0.2) is 10.2 Å². The maximum atomic E-state index is 12.4. The van der Waals surface area contributed by atoms with E-state index in [1.807, 2.05) is 26.8 Å². The van der Waals surface area contributed by atoms with Crippen LogP contribution in [0.15, 0.2) is 58.1 Å². The summed E-state index contributed by atoms with van der Waals surface area (Å²) < 4.78 is 7.99. The normalized spacial score (nSPS) is 10.9. The number of para-hydroxylation sites is 1. The lowest BCUT2D eigenvalue weighted by atomic mass is 10.1. The van der Waals surface area contributed by atoms with Crippen LogP contribution in [0.1, 0.15) is 32.9 Å². The molecule has 0 bridgehead atoms. The minimum atomic E-state index is -0.460. The molecule has 3 rings (SSSR count). The van der Waals surface area contributed by atoms with E-state index in [9.17, 15) is 9.59 Å². The first-order valence-corrected chi connectivity index (χ1v) is 10.0. The van der Waals surface area contributed by atoms with Crippen molar-refractivity contribution in [1.29, 1.82) is 0 Å². The molecule has 0 aliphatic rings. The Bertz CT molecular complexity index is 1120. The SMILES string of the molecule is Cc1cccc(C(=O)Oc2ccccc2C=NNC(=O)Cn2nc(C)c(Br)c2C)c1. The largest absolute Gasteiger partial charge is 0.422 e. The standard InChI is InChI=1S/C22H21BrN4O3/c1-14-7-6-9-17(11-14)22(29)30-19-10-5-4-8-18(19)12-24-25-20(28)13-27-16(3)21(23)15(2)26-27/h4-12H,13H2,1-3H3,(H,25,28). The number of amides is 1. The molecule has 1 aromatic heterocycles. The van der Waals surface area contributed by atoms with Crippen molar-refractivity contribution < 1.29 is 14.3 Å². The summed E-state index contributed by atoms with van der Waals surface area (Å²) in [5, 5.41) is 8.28. The first-order valence-electron chi connectivity index (χ1n) is 9.24. The number of hydrogen-bond acceptors (Lipinski definition) is 5. The average Bonchev–Trinajstić information content (AvgIpc) is 2.95. The van der Waals surface area contributed by atoms with Gasteiger partial charge in [0, 0.05) is 5.56 Å². The highest BCUT2D eigenvalue weighted by Crippen LogP contribution is 2.20. The molecular weight excluding hydrogens is 448 g/mol. The zero-order valence-corrected chi connectivity index (χ0v) is 18.4. The zero-order valence-electron chi connectivity index (χ0n) is 16.8. The summed E-state index contributed by atoms with van der Waals surface area (Å²) in [4.78, 5) is 24.6. The van der Waals surface area contributed by atoms with Crippen LogP contribution in [0.3, 0.4) is 0 Å². The lowest BCUT2D eigenvalue weighted by Gasteiger charge is -2.08. The number of hydrazone groups is 1. The van der Waals surface area contributed by atoms with E-state index in [0.29, 0.717) is 16.9 Å². The van der Waals surface area contributed by atoms with E-state index in [2.05, 4.69) is 31.6 Å². The summed E-state index contributed by atoms with van der Waals surface area (Å²) in [6.45, 7) is 5.68. The summed E-state index contributed by atoms with van der Waals surface area (Å²) in [7, 11) is 0. The van der Waals surface area contributed by atoms with Gasteiger partial charge in [0.2, 0.25) is 0 Å². The summed E-state index contributed by atoms with van der Waals surface area (Å²) in [6, 6.07) is 14.1. The molecule has 2 aromatic carbocycles. The molecule has 0 unspecified atom stereocenters. The fraction of sp³-hybridized carbons (Fsp3) is 0.182. The third-order valence-electron chi connectivity index (χ3n) is 4.35. The van der Waals surface area contributed by atoms with Crippen LogP contribution in [0, 0.1) is 20.8 Å². The van der Waals surface area contributed by atoms with Gasteiger partial charge in [-0.2, -0.15) is 10.2 Å². The van der Waals surface area contributed by atoms with E-state index in [-0.39, 0.29) is 12.5 Å². The molecule has 0 fully saturated rings. The molecule has 0 spiro atoms. The molecule has 0 radical (unpaired) electrons. The van der Waals surface area contributed by atoms with Gasteiger partial charge in [0.15, 0.2) is 0 Å². The minimum absolute atomic E-state index is 0.0413. The van der Waals surface area contributed by atoms with Gasteiger partial charge < -0.3 is 4.74 Å². The molecule has 8 heteroatoms. The van der Waals surface area contributed by atoms with Gasteiger partial charge in [0.25, 0.3) is 5.91 Å². The predicted molar refractivity (Wildman–Crippen MR) is 118 cm³/mol. The summed E-state index contributed by atoms with van der Waals surface area (Å²) >= 11 is 3.44. The summed E-state index contributed by atoms with van der Waals surface area (Å²) in [5.74, 6) is -0.429. The molecule has 30 heavy (non-hydrogen) atoms. The third-order valence-corrected chi connectivity index (χ3v) is 5.50. The monoisotopic (exact) mass is 468 g/mol. The molecule has 154 valence electrons. The Morgan fingerprint density at radius 1 is 1.17 bits per heavy atom. The van der Waals surface area contributed by atoms with Crippen molar-refractivity contribution in [2.24, 2.45) is 5.10 Å². The Balaban J connectivity index is 1.65. The van der Waals surface area contributed by atoms with Crippen LogP contribution in [0.5, 0.6) is 5.75 Å².